The van der Waals surface area contributed by atoms with Crippen LogP contribution in [-0.4, -0.2) is 76.9 Å². The predicted octanol–water partition coefficient (Wildman–Crippen LogP) is 1.21. The molecule has 1 aromatic carbocycles. The van der Waals surface area contributed by atoms with Gasteiger partial charge in [-0.1, -0.05) is 17.7 Å². The monoisotopic (exact) mass is 562 g/mol. The second-order valence-electron chi connectivity index (χ2n) is 10.9. The van der Waals surface area contributed by atoms with Crippen molar-refractivity contribution in [1.29, 1.82) is 0 Å². The molecule has 1 fully saturated rings. The Morgan fingerprint density at radius 2 is 1.82 bits per heavy atom. The summed E-state index contributed by atoms with van der Waals surface area (Å²) in [4.78, 5) is 59.6. The van der Waals surface area contributed by atoms with E-state index < -0.39 is 46.1 Å². The molecule has 0 atom stereocenters. The molecule has 2 aromatic rings. The molecule has 2 bridgehead atoms. The molecule has 1 saturated carbocycles. The topological polar surface area (TPSA) is 137 Å². The molecule has 2 aliphatic heterocycles. The van der Waals surface area contributed by atoms with Crippen LogP contribution >= 0.6 is 11.6 Å². The van der Waals surface area contributed by atoms with E-state index in [9.17, 15) is 28.7 Å². The quantitative estimate of drug-likeness (QED) is 0.450. The van der Waals surface area contributed by atoms with Gasteiger partial charge in [-0.15, -0.1) is 0 Å². The minimum absolute atomic E-state index is 0.0659. The van der Waals surface area contributed by atoms with E-state index in [0.717, 1.165) is 11.0 Å². The number of aromatic hydroxyl groups is 1. The lowest BCUT2D eigenvalue weighted by Gasteiger charge is -2.43. The minimum Gasteiger partial charge on any atom is -0.501 e. The van der Waals surface area contributed by atoms with Crippen LogP contribution in [0.25, 0.3) is 0 Å². The highest BCUT2D eigenvalue weighted by Gasteiger charge is 2.52. The second kappa shape index (κ2) is 10.6. The van der Waals surface area contributed by atoms with Crippen LogP contribution in [0.4, 0.5) is 4.39 Å². The zero-order valence-electron chi connectivity index (χ0n) is 22.3. The van der Waals surface area contributed by atoms with Gasteiger partial charge in [0.1, 0.15) is 11.6 Å². The summed E-state index contributed by atoms with van der Waals surface area (Å²) in [5.41, 5.74) is -2.34. The largest absolute Gasteiger partial charge is 0.501 e. The van der Waals surface area contributed by atoms with Gasteiger partial charge < -0.3 is 25.5 Å². The fraction of sp³-hybridized carbons (Fsp3) is 0.500. The predicted molar refractivity (Wildman–Crippen MR) is 141 cm³/mol. The number of carbonyl (C=O) groups excluding carboxylic acids is 3. The van der Waals surface area contributed by atoms with Gasteiger partial charge in [0.25, 0.3) is 11.5 Å². The van der Waals surface area contributed by atoms with Gasteiger partial charge in [0, 0.05) is 39.1 Å². The van der Waals surface area contributed by atoms with Gasteiger partial charge >= 0.3 is 11.8 Å². The van der Waals surface area contributed by atoms with Crippen LogP contribution in [0.15, 0.2) is 23.0 Å². The number of nitrogens with one attached hydrogen (secondary N) is 2. The average Bonchev–Trinajstić information content (AvgIpc) is 3.08. The van der Waals surface area contributed by atoms with Gasteiger partial charge in [-0.25, -0.2) is 9.37 Å². The van der Waals surface area contributed by atoms with Gasteiger partial charge in [0.05, 0.1) is 10.6 Å². The van der Waals surface area contributed by atoms with Crippen molar-refractivity contribution < 1.29 is 23.9 Å². The van der Waals surface area contributed by atoms with Crippen LogP contribution in [0.3, 0.4) is 0 Å². The average molecular weight is 563 g/mol. The molecule has 3 heterocycles. The van der Waals surface area contributed by atoms with Crippen molar-refractivity contribution in [1.82, 2.24) is 30.0 Å². The fourth-order valence-corrected chi connectivity index (χ4v) is 5.79. The number of amides is 3. The standard InChI is InChI=1S/C26H32ClFN6O5/c1-32(2)13-25-7-9-26(10-8-25,31-21(37)23(39)33(3)4)24-30-18(19(35)22(38)34(24)14-25)20(36)29-12-15-5-6-17(28)16(27)11-15/h5-6,11,35H,7-10,12-14H2,1-4H3,(H,29,36)(H,31,37). The number of aromatic nitrogens is 2. The van der Waals surface area contributed by atoms with Gasteiger partial charge in [-0.2, -0.15) is 0 Å². The van der Waals surface area contributed by atoms with Crippen molar-refractivity contribution in [3.05, 3.63) is 56.5 Å². The Balaban J connectivity index is 1.76. The minimum atomic E-state index is -1.19. The van der Waals surface area contributed by atoms with Crippen molar-refractivity contribution in [3.63, 3.8) is 0 Å². The Labute approximate surface area is 229 Å². The lowest BCUT2D eigenvalue weighted by Crippen LogP contribution is -2.54. The fourth-order valence-electron chi connectivity index (χ4n) is 5.59. The van der Waals surface area contributed by atoms with E-state index in [4.69, 9.17) is 11.6 Å². The third kappa shape index (κ3) is 5.48. The molecule has 5 rings (SSSR count). The van der Waals surface area contributed by atoms with E-state index in [1.165, 1.54) is 30.8 Å². The summed E-state index contributed by atoms with van der Waals surface area (Å²) in [6, 6.07) is 3.96. The maximum Gasteiger partial charge on any atom is 0.311 e. The van der Waals surface area contributed by atoms with Crippen molar-refractivity contribution in [2.45, 2.75) is 44.3 Å². The first-order chi connectivity index (χ1) is 18.3. The van der Waals surface area contributed by atoms with E-state index in [1.54, 1.807) is 0 Å². The van der Waals surface area contributed by atoms with Gasteiger partial charge in [-0.05, 0) is 57.5 Å². The number of hydrogen-bond acceptors (Lipinski definition) is 7. The number of likely N-dealkylation sites (N-methyl/N-ethyl adjacent to an activating group) is 1. The zero-order valence-corrected chi connectivity index (χ0v) is 23.1. The lowest BCUT2D eigenvalue weighted by atomic mass is 9.68. The van der Waals surface area contributed by atoms with Crippen LogP contribution in [0.1, 0.15) is 47.6 Å². The van der Waals surface area contributed by atoms with Crippen LogP contribution in [0.2, 0.25) is 5.02 Å². The molecule has 3 N–H and O–H groups in total. The summed E-state index contributed by atoms with van der Waals surface area (Å²) in [6.07, 6.45) is 2.02. The molecule has 0 radical (unpaired) electrons. The molecule has 1 aromatic heterocycles. The van der Waals surface area contributed by atoms with Crippen LogP contribution in [-0.2, 0) is 28.2 Å². The number of hydrogen-bond donors (Lipinski definition) is 3. The molecule has 0 spiro atoms. The van der Waals surface area contributed by atoms with Crippen molar-refractivity contribution >= 4 is 29.3 Å². The summed E-state index contributed by atoms with van der Waals surface area (Å²) in [5.74, 6) is -3.75. The van der Waals surface area contributed by atoms with Crippen LogP contribution < -0.4 is 16.2 Å². The van der Waals surface area contributed by atoms with E-state index in [0.29, 0.717) is 37.8 Å². The zero-order chi connectivity index (χ0) is 28.7. The van der Waals surface area contributed by atoms with E-state index >= 15 is 0 Å². The molecule has 1 aliphatic carbocycles. The van der Waals surface area contributed by atoms with Gasteiger partial charge in [0.2, 0.25) is 5.75 Å². The third-order valence-electron chi connectivity index (χ3n) is 7.49. The maximum atomic E-state index is 13.5. The highest BCUT2D eigenvalue weighted by atomic mass is 35.5. The number of nitrogens with zero attached hydrogens (tertiary/aromatic N) is 4. The van der Waals surface area contributed by atoms with E-state index in [1.807, 2.05) is 19.0 Å². The molecule has 3 aliphatic rings. The molecular weight excluding hydrogens is 531 g/mol. The molecular formula is C26H32ClFN6O5. The van der Waals surface area contributed by atoms with Gasteiger partial charge in [-0.3, -0.25) is 23.7 Å². The summed E-state index contributed by atoms with van der Waals surface area (Å²) < 4.78 is 14.8. The Kier molecular flexibility index (Phi) is 7.72. The first-order valence-electron chi connectivity index (χ1n) is 12.5. The molecule has 210 valence electrons. The number of rotatable bonds is 6. The van der Waals surface area contributed by atoms with Crippen molar-refractivity contribution in [2.75, 3.05) is 34.7 Å². The van der Waals surface area contributed by atoms with Crippen LogP contribution in [0, 0.1) is 11.2 Å². The molecule has 0 saturated heterocycles. The normalized spacial score (nSPS) is 21.7. The first kappa shape index (κ1) is 28.5. The number of fused-ring (bicyclic) bond motifs is 2. The summed E-state index contributed by atoms with van der Waals surface area (Å²) in [5, 5.41) is 16.1. The summed E-state index contributed by atoms with van der Waals surface area (Å²) >= 11 is 5.82. The Morgan fingerprint density at radius 3 is 2.41 bits per heavy atom. The van der Waals surface area contributed by atoms with Crippen molar-refractivity contribution in [2.24, 2.45) is 5.41 Å². The SMILES string of the molecule is CN(C)CC12CCC(NC(=O)C(=O)N(C)C)(CC1)c1nc(C(=O)NCc3ccc(F)c(Cl)c3)c(O)c(=O)n1C2. The number of benzene rings is 1. The molecule has 11 nitrogen and oxygen atoms in total. The smallest absolute Gasteiger partial charge is 0.311 e. The highest BCUT2D eigenvalue weighted by molar-refractivity contribution is 6.35. The molecule has 13 heteroatoms. The van der Waals surface area contributed by atoms with E-state index in [2.05, 4.69) is 15.6 Å². The Hall–Kier alpha value is -3.51. The third-order valence-corrected chi connectivity index (χ3v) is 7.78. The Bertz CT molecular complexity index is 1380. The Morgan fingerprint density at radius 1 is 1.15 bits per heavy atom. The summed E-state index contributed by atoms with van der Waals surface area (Å²) in [6.45, 7) is 0.821. The number of halogens is 2. The van der Waals surface area contributed by atoms with E-state index in [-0.39, 0.29) is 29.4 Å². The maximum absolute atomic E-state index is 13.5. The lowest BCUT2D eigenvalue weighted by molar-refractivity contribution is -0.145. The second-order valence-corrected chi connectivity index (χ2v) is 11.3. The van der Waals surface area contributed by atoms with Crippen LogP contribution in [0.5, 0.6) is 5.75 Å². The molecule has 39 heavy (non-hydrogen) atoms. The van der Waals surface area contributed by atoms with Gasteiger partial charge in [0.15, 0.2) is 5.69 Å². The highest BCUT2D eigenvalue weighted by Crippen LogP contribution is 2.49. The first-order valence-corrected chi connectivity index (χ1v) is 12.9. The molecule has 0 unspecified atom stereocenters. The van der Waals surface area contributed by atoms with Crippen molar-refractivity contribution in [3.8, 4) is 5.75 Å². The summed E-state index contributed by atoms with van der Waals surface area (Å²) in [7, 11) is 6.78. The molecule has 3 amide bonds. The number of carbonyl (C=O) groups is 3.